The molecule has 0 aliphatic carbocycles. The Balaban J connectivity index is 2.28. The number of halogens is 1. The van der Waals surface area contributed by atoms with E-state index in [4.69, 9.17) is 11.6 Å². The predicted octanol–water partition coefficient (Wildman–Crippen LogP) is 4.19. The minimum atomic E-state index is -0.996. The van der Waals surface area contributed by atoms with Crippen LogP contribution in [0.2, 0.25) is 5.02 Å². The summed E-state index contributed by atoms with van der Waals surface area (Å²) >= 11 is 5.88. The minimum absolute atomic E-state index is 0.0161. The molecule has 1 unspecified atom stereocenters. The van der Waals surface area contributed by atoms with Crippen LogP contribution in [0.25, 0.3) is 10.9 Å². The number of nitrogens with zero attached hydrogens (tertiary/aromatic N) is 1. The van der Waals surface area contributed by atoms with Gasteiger partial charge in [0.25, 0.3) is 5.91 Å². The number of benzene rings is 2. The van der Waals surface area contributed by atoms with Gasteiger partial charge in [-0.15, -0.1) is 0 Å². The fraction of sp³-hybridized carbons (Fsp3) is 0.158. The maximum atomic E-state index is 13.0. The number of fused-ring (bicyclic) bond motifs is 1. The lowest BCUT2D eigenvalue weighted by Crippen LogP contribution is -2.15. The lowest BCUT2D eigenvalue weighted by molar-refractivity contribution is -0.138. The lowest BCUT2D eigenvalue weighted by atomic mass is 9.98. The van der Waals surface area contributed by atoms with E-state index < -0.39 is 11.9 Å². The van der Waals surface area contributed by atoms with E-state index >= 15 is 0 Å². The van der Waals surface area contributed by atoms with E-state index in [1.165, 1.54) is 16.7 Å². The molecule has 0 spiro atoms. The fourth-order valence-corrected chi connectivity index (χ4v) is 3.21. The third-order valence-electron chi connectivity index (χ3n) is 4.33. The summed E-state index contributed by atoms with van der Waals surface area (Å²) in [6, 6.07) is 11.1. The van der Waals surface area contributed by atoms with Gasteiger partial charge in [-0.05, 0) is 61.9 Å². The molecule has 1 aromatic heterocycles. The van der Waals surface area contributed by atoms with Gasteiger partial charge in [0.15, 0.2) is 0 Å². The Kier molecular flexibility index (Phi) is 4.27. The van der Waals surface area contributed by atoms with Gasteiger partial charge in [-0.2, -0.15) is 0 Å². The third kappa shape index (κ3) is 2.87. The van der Waals surface area contributed by atoms with E-state index in [0.29, 0.717) is 32.7 Å². The van der Waals surface area contributed by atoms with Gasteiger partial charge >= 0.3 is 5.97 Å². The van der Waals surface area contributed by atoms with Gasteiger partial charge in [-0.3, -0.25) is 14.2 Å². The first-order valence-corrected chi connectivity index (χ1v) is 8.06. The van der Waals surface area contributed by atoms with Gasteiger partial charge in [-0.25, -0.2) is 0 Å². The highest BCUT2D eigenvalue weighted by molar-refractivity contribution is 6.30. The summed E-state index contributed by atoms with van der Waals surface area (Å²) in [6.45, 7) is 3.27. The maximum absolute atomic E-state index is 13.0. The molecule has 2 aromatic carbocycles. The number of rotatable bonds is 3. The van der Waals surface area contributed by atoms with Crippen LogP contribution < -0.4 is 0 Å². The molecule has 128 valence electrons. The maximum Gasteiger partial charge on any atom is 0.310 e. The van der Waals surface area contributed by atoms with E-state index in [9.17, 15) is 19.8 Å². The SMILES string of the molecule is Cc1c(C(C)C(=O)O)c2cc(O)ccc2n1C(=O)c1ccc(Cl)cc1. The number of carboxylic acids is 1. The molecule has 0 radical (unpaired) electrons. The molecule has 3 rings (SSSR count). The van der Waals surface area contributed by atoms with Crippen molar-refractivity contribution in [3.8, 4) is 5.75 Å². The standard InChI is InChI=1S/C19H16ClNO4/c1-10(19(24)25)17-11(2)21(16-8-7-14(22)9-15(16)17)18(23)12-3-5-13(20)6-4-12/h3-10,22H,1-2H3,(H,24,25). The number of phenols is 1. The Hall–Kier alpha value is -2.79. The Bertz CT molecular complexity index is 989. The molecule has 0 amide bonds. The van der Waals surface area contributed by atoms with Crippen molar-refractivity contribution in [3.05, 3.63) is 64.3 Å². The molecular weight excluding hydrogens is 342 g/mol. The van der Waals surface area contributed by atoms with Crippen LogP contribution in [-0.4, -0.2) is 26.7 Å². The average molecular weight is 358 g/mol. The van der Waals surface area contributed by atoms with Crippen molar-refractivity contribution in [1.29, 1.82) is 0 Å². The molecule has 3 aromatic rings. The van der Waals surface area contributed by atoms with E-state index in [2.05, 4.69) is 0 Å². The Morgan fingerprint density at radius 3 is 2.36 bits per heavy atom. The van der Waals surface area contributed by atoms with Gasteiger partial charge < -0.3 is 10.2 Å². The van der Waals surface area contributed by atoms with E-state index in [-0.39, 0.29) is 11.7 Å². The molecule has 0 saturated heterocycles. The highest BCUT2D eigenvalue weighted by Crippen LogP contribution is 2.34. The number of aromatic hydroxyl groups is 1. The summed E-state index contributed by atoms with van der Waals surface area (Å²) in [5.41, 5.74) is 2.04. The predicted molar refractivity (Wildman–Crippen MR) is 95.6 cm³/mol. The summed E-state index contributed by atoms with van der Waals surface area (Å²) in [7, 11) is 0. The minimum Gasteiger partial charge on any atom is -0.508 e. The van der Waals surface area contributed by atoms with Crippen LogP contribution in [0.1, 0.15) is 34.5 Å². The zero-order chi connectivity index (χ0) is 18.3. The van der Waals surface area contributed by atoms with Crippen molar-refractivity contribution >= 4 is 34.4 Å². The first-order chi connectivity index (χ1) is 11.8. The number of carbonyl (C=O) groups is 2. The normalized spacial score (nSPS) is 12.3. The van der Waals surface area contributed by atoms with Gasteiger partial charge in [0.2, 0.25) is 0 Å². The van der Waals surface area contributed by atoms with Gasteiger partial charge in [-0.1, -0.05) is 11.6 Å². The molecule has 2 N–H and O–H groups in total. The molecule has 25 heavy (non-hydrogen) atoms. The van der Waals surface area contributed by atoms with Crippen molar-refractivity contribution in [3.63, 3.8) is 0 Å². The second kappa shape index (κ2) is 6.26. The van der Waals surface area contributed by atoms with Crippen LogP contribution in [0.5, 0.6) is 5.75 Å². The Morgan fingerprint density at radius 2 is 1.76 bits per heavy atom. The van der Waals surface area contributed by atoms with Gasteiger partial charge in [0, 0.05) is 21.7 Å². The summed E-state index contributed by atoms with van der Waals surface area (Å²) in [4.78, 5) is 24.5. The van der Waals surface area contributed by atoms with Crippen LogP contribution in [0.3, 0.4) is 0 Å². The first-order valence-electron chi connectivity index (χ1n) is 7.68. The summed E-state index contributed by atoms with van der Waals surface area (Å²) in [5, 5.41) is 20.3. The summed E-state index contributed by atoms with van der Waals surface area (Å²) < 4.78 is 1.48. The average Bonchev–Trinajstić information content (AvgIpc) is 2.85. The largest absolute Gasteiger partial charge is 0.508 e. The van der Waals surface area contributed by atoms with Crippen LogP contribution in [0, 0.1) is 6.92 Å². The molecule has 5 nitrogen and oxygen atoms in total. The van der Waals surface area contributed by atoms with Crippen molar-refractivity contribution < 1.29 is 19.8 Å². The zero-order valence-electron chi connectivity index (χ0n) is 13.7. The number of phenolic OH excluding ortho intramolecular Hbond substituents is 1. The number of aliphatic carboxylic acids is 1. The molecular formula is C19H16ClNO4. The second-order valence-corrected chi connectivity index (χ2v) is 6.34. The molecule has 0 bridgehead atoms. The van der Waals surface area contributed by atoms with Crippen LogP contribution in [0.15, 0.2) is 42.5 Å². The van der Waals surface area contributed by atoms with Crippen molar-refractivity contribution in [2.24, 2.45) is 0 Å². The van der Waals surface area contributed by atoms with Crippen molar-refractivity contribution in [1.82, 2.24) is 4.57 Å². The van der Waals surface area contributed by atoms with E-state index in [1.807, 2.05) is 0 Å². The Morgan fingerprint density at radius 1 is 1.12 bits per heavy atom. The second-order valence-electron chi connectivity index (χ2n) is 5.91. The number of aromatic nitrogens is 1. The van der Waals surface area contributed by atoms with Crippen molar-refractivity contribution in [2.45, 2.75) is 19.8 Å². The number of carboxylic acid groups (broad SMARTS) is 1. The van der Waals surface area contributed by atoms with Crippen LogP contribution in [0.4, 0.5) is 0 Å². The lowest BCUT2D eigenvalue weighted by Gasteiger charge is -2.09. The van der Waals surface area contributed by atoms with Gasteiger partial charge in [0.05, 0.1) is 11.4 Å². The highest BCUT2D eigenvalue weighted by Gasteiger charge is 2.26. The molecule has 1 heterocycles. The monoisotopic (exact) mass is 357 g/mol. The highest BCUT2D eigenvalue weighted by atomic mass is 35.5. The fourth-order valence-electron chi connectivity index (χ4n) is 3.08. The van der Waals surface area contributed by atoms with E-state index in [0.717, 1.165) is 0 Å². The molecule has 6 heteroatoms. The smallest absolute Gasteiger partial charge is 0.310 e. The number of carbonyl (C=O) groups excluding carboxylic acids is 1. The summed E-state index contributed by atoms with van der Waals surface area (Å²) in [5.74, 6) is -2.08. The van der Waals surface area contributed by atoms with Gasteiger partial charge in [0.1, 0.15) is 5.75 Å². The van der Waals surface area contributed by atoms with Crippen LogP contribution >= 0.6 is 11.6 Å². The molecule has 1 atom stereocenters. The van der Waals surface area contributed by atoms with Crippen molar-refractivity contribution in [2.75, 3.05) is 0 Å². The van der Waals surface area contributed by atoms with E-state index in [1.54, 1.807) is 44.2 Å². The molecule has 0 fully saturated rings. The molecule has 0 saturated carbocycles. The third-order valence-corrected chi connectivity index (χ3v) is 4.59. The molecule has 0 aliphatic heterocycles. The zero-order valence-corrected chi connectivity index (χ0v) is 14.4. The quantitative estimate of drug-likeness (QED) is 0.736. The first kappa shape index (κ1) is 17.0. The number of hydrogen-bond donors (Lipinski definition) is 2. The molecule has 0 aliphatic rings. The summed E-state index contributed by atoms with van der Waals surface area (Å²) in [6.07, 6.45) is 0. The van der Waals surface area contributed by atoms with Crippen LogP contribution in [-0.2, 0) is 4.79 Å². The topological polar surface area (TPSA) is 79.5 Å². The Labute approximate surface area is 149 Å². The number of hydrogen-bond acceptors (Lipinski definition) is 3.